The van der Waals surface area contributed by atoms with Crippen LogP contribution in [0.4, 0.5) is 13.6 Å². The fourth-order valence-corrected chi connectivity index (χ4v) is 4.92. The van der Waals surface area contributed by atoms with E-state index in [0.29, 0.717) is 19.5 Å². The highest BCUT2D eigenvalue weighted by molar-refractivity contribution is 6.35. The summed E-state index contributed by atoms with van der Waals surface area (Å²) < 4.78 is 39.9. The Morgan fingerprint density at radius 2 is 1.92 bits per heavy atom. The monoisotopic (exact) mass is 510 g/mol. The molecule has 0 aromatic heterocycles. The molecule has 1 aromatic carbocycles. The smallest absolute Gasteiger partial charge is 0.407 e. The van der Waals surface area contributed by atoms with Crippen molar-refractivity contribution in [2.24, 2.45) is 4.99 Å². The number of amides is 1. The number of likely N-dealkylation sites (tertiary alicyclic amines) is 1. The maximum Gasteiger partial charge on any atom is 0.407 e. The van der Waals surface area contributed by atoms with Crippen molar-refractivity contribution in [1.82, 2.24) is 15.1 Å². The molecule has 3 heterocycles. The number of carbonyl (C=O) groups is 2. The Labute approximate surface area is 210 Å². The molecule has 0 spiro atoms. The van der Waals surface area contributed by atoms with Crippen molar-refractivity contribution in [3.63, 3.8) is 0 Å². The van der Waals surface area contributed by atoms with Crippen LogP contribution >= 0.6 is 0 Å². The first-order valence-corrected chi connectivity index (χ1v) is 12.3. The molecule has 4 rings (SSSR count). The van der Waals surface area contributed by atoms with Gasteiger partial charge >= 0.3 is 12.1 Å². The molecule has 1 aromatic rings. The Morgan fingerprint density at radius 3 is 2.53 bits per heavy atom. The third-order valence-corrected chi connectivity index (χ3v) is 6.44. The zero-order valence-corrected chi connectivity index (χ0v) is 21.6. The maximum atomic E-state index is 14.6. The van der Waals surface area contributed by atoms with Crippen LogP contribution < -0.4 is 5.32 Å². The zero-order valence-electron chi connectivity index (χ0n) is 21.6. The molecule has 36 heavy (non-hydrogen) atoms. The number of amidine groups is 1. The van der Waals surface area contributed by atoms with Gasteiger partial charge in [-0.1, -0.05) is 13.8 Å². The van der Waals surface area contributed by atoms with Gasteiger partial charge in [-0.15, -0.1) is 0 Å². The van der Waals surface area contributed by atoms with Gasteiger partial charge in [-0.05, 0) is 45.4 Å². The Kier molecular flexibility index (Phi) is 8.55. The van der Waals surface area contributed by atoms with E-state index in [2.05, 4.69) is 15.2 Å². The number of carboxylic acids is 1. The van der Waals surface area contributed by atoms with Gasteiger partial charge < -0.3 is 24.8 Å². The standard InChI is InChI=1S/C23H30F2N4O5.C2H6/c1-23(2,3)34-22(32)27-16-8-13(11-33-19(16)14-7-12(24)5-6-15(14)25)29-9-17-18(10-29)28(4)20(26-17)21(30)31;1-2/h5-7,13,16-19H,8-11H2,1-4H3,(H,27,32)(H,30,31);1-2H3/t13?,16?,17?,18?,19-;/m1./s1. The van der Waals surface area contributed by atoms with Crippen LogP contribution in [0.3, 0.4) is 0 Å². The van der Waals surface area contributed by atoms with Crippen LogP contribution in [0.15, 0.2) is 23.2 Å². The highest BCUT2D eigenvalue weighted by Crippen LogP contribution is 2.35. The van der Waals surface area contributed by atoms with E-state index in [1.807, 2.05) is 13.8 Å². The number of hydrogen-bond acceptors (Lipinski definition) is 7. The molecule has 9 nitrogen and oxygen atoms in total. The SMILES string of the molecule is CC.CN1C(C(=O)O)=NC2CN(C3CO[C@H](c4cc(F)ccc4F)C(NC(=O)OC(C)(C)C)C3)CC21. The average Bonchev–Trinajstić information content (AvgIpc) is 3.35. The van der Waals surface area contributed by atoms with Crippen LogP contribution in [0.1, 0.15) is 52.7 Å². The first-order valence-electron chi connectivity index (χ1n) is 12.3. The van der Waals surface area contributed by atoms with Crippen molar-refractivity contribution in [3.8, 4) is 0 Å². The number of fused-ring (bicyclic) bond motifs is 1. The van der Waals surface area contributed by atoms with Crippen molar-refractivity contribution in [3.05, 3.63) is 35.4 Å². The molecule has 0 saturated carbocycles. The summed E-state index contributed by atoms with van der Waals surface area (Å²) >= 11 is 0. The first kappa shape index (κ1) is 27.8. The molecule has 2 saturated heterocycles. The summed E-state index contributed by atoms with van der Waals surface area (Å²) in [5, 5.41) is 12.1. The number of alkyl carbamates (subject to hydrolysis) is 1. The van der Waals surface area contributed by atoms with E-state index in [1.54, 1.807) is 32.7 Å². The molecule has 3 aliphatic rings. The Morgan fingerprint density at radius 1 is 1.22 bits per heavy atom. The Hall–Kier alpha value is -2.79. The van der Waals surface area contributed by atoms with Gasteiger partial charge in [-0.25, -0.2) is 18.4 Å². The van der Waals surface area contributed by atoms with Crippen LogP contribution in [0.5, 0.6) is 0 Å². The van der Waals surface area contributed by atoms with E-state index >= 15 is 0 Å². The van der Waals surface area contributed by atoms with Crippen molar-refractivity contribution in [2.45, 2.75) is 76.9 Å². The molecular formula is C25H36F2N4O5. The Bertz CT molecular complexity index is 999. The van der Waals surface area contributed by atoms with Crippen molar-refractivity contribution in [1.29, 1.82) is 0 Å². The van der Waals surface area contributed by atoms with Gasteiger partial charge in [0, 0.05) is 31.7 Å². The van der Waals surface area contributed by atoms with Crippen LogP contribution in [-0.4, -0.2) is 89.3 Å². The van der Waals surface area contributed by atoms with Crippen LogP contribution in [0, 0.1) is 11.6 Å². The summed E-state index contributed by atoms with van der Waals surface area (Å²) in [5.74, 6) is -2.21. The summed E-state index contributed by atoms with van der Waals surface area (Å²) in [7, 11) is 1.72. The quantitative estimate of drug-likeness (QED) is 0.641. The van der Waals surface area contributed by atoms with E-state index in [0.717, 1.165) is 18.2 Å². The van der Waals surface area contributed by atoms with Gasteiger partial charge in [-0.2, -0.15) is 0 Å². The minimum Gasteiger partial charge on any atom is -0.475 e. The normalized spacial score (nSPS) is 28.1. The van der Waals surface area contributed by atoms with E-state index in [-0.39, 0.29) is 36.1 Å². The molecule has 11 heteroatoms. The number of carbonyl (C=O) groups excluding carboxylic acids is 1. The molecule has 2 N–H and O–H groups in total. The number of ether oxygens (including phenoxy) is 2. The second-order valence-corrected chi connectivity index (χ2v) is 10.0. The van der Waals surface area contributed by atoms with Gasteiger partial charge in [0.15, 0.2) is 0 Å². The van der Waals surface area contributed by atoms with Gasteiger partial charge in [-0.3, -0.25) is 9.89 Å². The number of nitrogens with one attached hydrogen (secondary N) is 1. The fourth-order valence-electron chi connectivity index (χ4n) is 4.92. The topological polar surface area (TPSA) is 104 Å². The summed E-state index contributed by atoms with van der Waals surface area (Å²) in [6.07, 6.45) is -1.14. The van der Waals surface area contributed by atoms with Crippen molar-refractivity contribution in [2.75, 3.05) is 26.7 Å². The molecule has 4 unspecified atom stereocenters. The average molecular weight is 511 g/mol. The second kappa shape index (κ2) is 11.1. The molecule has 2 fully saturated rings. The number of carboxylic acid groups (broad SMARTS) is 1. The van der Waals surface area contributed by atoms with Crippen molar-refractivity contribution >= 4 is 17.9 Å². The maximum absolute atomic E-state index is 14.6. The van der Waals surface area contributed by atoms with Gasteiger partial charge in [0.1, 0.15) is 23.3 Å². The van der Waals surface area contributed by atoms with Crippen LogP contribution in [-0.2, 0) is 14.3 Å². The third kappa shape index (κ3) is 6.12. The highest BCUT2D eigenvalue weighted by atomic mass is 19.1. The van der Waals surface area contributed by atoms with E-state index in [1.165, 1.54) is 0 Å². The zero-order chi connectivity index (χ0) is 26.8. The lowest BCUT2D eigenvalue weighted by Crippen LogP contribution is -2.53. The van der Waals surface area contributed by atoms with E-state index in [9.17, 15) is 23.5 Å². The minimum absolute atomic E-state index is 0.0354. The Balaban J connectivity index is 0.00000176. The first-order chi connectivity index (χ1) is 16.9. The van der Waals surface area contributed by atoms with Crippen LogP contribution in [0.2, 0.25) is 0 Å². The molecule has 200 valence electrons. The van der Waals surface area contributed by atoms with E-state index < -0.39 is 41.4 Å². The molecular weight excluding hydrogens is 474 g/mol. The molecule has 1 amide bonds. The van der Waals surface area contributed by atoms with Gasteiger partial charge in [0.05, 0.1) is 24.7 Å². The number of halogens is 2. The van der Waals surface area contributed by atoms with E-state index in [4.69, 9.17) is 9.47 Å². The predicted molar refractivity (Wildman–Crippen MR) is 130 cm³/mol. The predicted octanol–water partition coefficient (Wildman–Crippen LogP) is 3.20. The molecule has 0 aliphatic carbocycles. The summed E-state index contributed by atoms with van der Waals surface area (Å²) in [6.45, 7) is 10.6. The minimum atomic E-state index is -1.05. The third-order valence-electron chi connectivity index (χ3n) is 6.44. The number of aliphatic imine (C=N–C) groups is 1. The van der Waals surface area contributed by atoms with Crippen molar-refractivity contribution < 1.29 is 33.0 Å². The fraction of sp³-hybridized carbons (Fsp3) is 0.640. The van der Waals surface area contributed by atoms with Crippen LogP contribution in [0.25, 0.3) is 0 Å². The molecule has 0 bridgehead atoms. The number of hydrogen-bond donors (Lipinski definition) is 2. The number of likely N-dealkylation sites (N-methyl/N-ethyl adjacent to an activating group) is 1. The highest BCUT2D eigenvalue weighted by Gasteiger charge is 2.47. The largest absolute Gasteiger partial charge is 0.475 e. The lowest BCUT2D eigenvalue weighted by molar-refractivity contribution is -0.130. The second-order valence-electron chi connectivity index (χ2n) is 10.0. The lowest BCUT2D eigenvalue weighted by atomic mass is 9.92. The van der Waals surface area contributed by atoms with Gasteiger partial charge in [0.2, 0.25) is 5.84 Å². The number of rotatable bonds is 4. The summed E-state index contributed by atoms with van der Waals surface area (Å²) in [4.78, 5) is 32.1. The molecule has 5 atom stereocenters. The number of aliphatic carboxylic acids is 1. The number of nitrogens with zero attached hydrogens (tertiary/aromatic N) is 3. The lowest BCUT2D eigenvalue weighted by Gasteiger charge is -2.41. The molecule has 3 aliphatic heterocycles. The summed E-state index contributed by atoms with van der Waals surface area (Å²) in [6, 6.07) is 2.12. The number of benzene rings is 1. The van der Waals surface area contributed by atoms with Gasteiger partial charge in [0.25, 0.3) is 0 Å². The molecule has 0 radical (unpaired) electrons. The summed E-state index contributed by atoms with van der Waals surface area (Å²) in [5.41, 5.74) is -0.691.